The number of amides is 4. The number of thiophene rings is 1. The molecule has 0 bridgehead atoms. The molecule has 4 aliphatic rings. The van der Waals surface area contributed by atoms with Crippen LogP contribution in [0.5, 0.6) is 0 Å². The second kappa shape index (κ2) is 30.8. The molecule has 5 aromatic rings. The third-order valence-corrected chi connectivity index (χ3v) is 18.4. The van der Waals surface area contributed by atoms with Gasteiger partial charge in [0.25, 0.3) is 0 Å². The number of rotatable bonds is 23. The maximum Gasteiger partial charge on any atom is 0.408 e. The average molecular weight is 1250 g/mol. The molecule has 25 heteroatoms. The van der Waals surface area contributed by atoms with Crippen molar-refractivity contribution in [3.63, 3.8) is 0 Å². The van der Waals surface area contributed by atoms with E-state index in [0.717, 1.165) is 121 Å². The lowest BCUT2D eigenvalue weighted by Gasteiger charge is -2.42. The number of aryl methyl sites for hydroxylation is 1. The van der Waals surface area contributed by atoms with E-state index in [1.807, 2.05) is 68.3 Å². The summed E-state index contributed by atoms with van der Waals surface area (Å²) in [5.74, 6) is 8.02. The maximum atomic E-state index is 14.7. The van der Waals surface area contributed by atoms with Crippen LogP contribution in [0.4, 0.5) is 10.6 Å². The molecule has 8 heterocycles. The van der Waals surface area contributed by atoms with Crippen LogP contribution in [0.1, 0.15) is 89.0 Å². The smallest absolute Gasteiger partial charge is 0.408 e. The molecule has 0 aliphatic carbocycles. The number of piperidine rings is 2. The number of likely N-dealkylation sites (tertiary alicyclic amines) is 1. The van der Waals surface area contributed by atoms with E-state index in [0.29, 0.717) is 88.5 Å². The summed E-state index contributed by atoms with van der Waals surface area (Å²) >= 11 is 9.13. The quantitative estimate of drug-likeness (QED) is 0.0193. The summed E-state index contributed by atoms with van der Waals surface area (Å²) in [7, 11) is 0. The Bertz CT molecular complexity index is 3190. The number of aromatic nitrogens is 5. The van der Waals surface area contributed by atoms with E-state index in [1.54, 1.807) is 20.8 Å². The van der Waals surface area contributed by atoms with Gasteiger partial charge in [0.15, 0.2) is 0 Å². The summed E-state index contributed by atoms with van der Waals surface area (Å²) in [6.07, 6.45) is 6.23. The van der Waals surface area contributed by atoms with Gasteiger partial charge in [-0.2, -0.15) is 0 Å². The molecular weight excluding hydrogens is 1170 g/mol. The Hall–Kier alpha value is -6.17. The summed E-state index contributed by atoms with van der Waals surface area (Å²) in [5, 5.41) is 12.3. The number of H-pyrrole nitrogens is 1. The standard InChI is InChI=1S/C62H85ClN14O8S2/c1-43(2)39-84-54(80)41-86-57-50-36-48(87-58(50)69-44(3)68-57)8-7-19-64-52(78)40-83-35-34-72-21-14-45(15-22-72)37-74-26-28-75(29-27-74)38-53(79)76-32-30-73(31-33-76)23-16-51(46-9-11-47(63)12-10-46)70-59(81)62(71-60(82)85-61(4,5)6)17-24-77(25-18-62)56-49-13-20-65-55(49)66-42-67-56/h9-13,20,36,42-43,45,51H,14-19,21-35,37-41H2,1-6H3,(H,64,78)(H,70,81)(H,71,82)(H,65,66,67)/t51-/m0/s1. The number of anilines is 1. The SMILES string of the molecule is Cc1nc(SCC(=O)OCC(C)C)c2cc(C#CCNC(=O)COCCN3CCC(CN4CCN(CC(=O)N5CCN(CC[C@H](NC(=O)C6(NC(=O)OC(C)(C)C)CCN(c7ncnc8[nH]ccc78)CC6)c6ccc(Cl)cc6)CC5)CC4)CC3)sc2n1. The molecule has 4 aromatic heterocycles. The van der Waals surface area contributed by atoms with Crippen molar-refractivity contribution in [2.24, 2.45) is 11.8 Å². The second-order valence-corrected chi connectivity index (χ2v) is 26.9. The predicted octanol–water partition coefficient (Wildman–Crippen LogP) is 5.99. The molecule has 0 radical (unpaired) electrons. The molecule has 1 aromatic carbocycles. The molecule has 4 amide bonds. The van der Waals surface area contributed by atoms with Gasteiger partial charge in [-0.3, -0.25) is 29.0 Å². The van der Waals surface area contributed by atoms with Crippen LogP contribution in [0.2, 0.25) is 5.02 Å². The number of fused-ring (bicyclic) bond motifs is 2. The number of hydrogen-bond donors (Lipinski definition) is 4. The Labute approximate surface area is 523 Å². The Kier molecular flexibility index (Phi) is 23.1. The van der Waals surface area contributed by atoms with Gasteiger partial charge in [-0.15, -0.1) is 11.3 Å². The fourth-order valence-electron chi connectivity index (χ4n) is 11.4. The van der Waals surface area contributed by atoms with Gasteiger partial charge in [0.1, 0.15) is 51.2 Å². The first-order valence-electron chi connectivity index (χ1n) is 30.5. The molecule has 0 spiro atoms. The van der Waals surface area contributed by atoms with Crippen molar-refractivity contribution in [2.75, 3.05) is 142 Å². The first-order valence-corrected chi connectivity index (χ1v) is 32.7. The summed E-state index contributed by atoms with van der Waals surface area (Å²) in [4.78, 5) is 103. The molecule has 470 valence electrons. The lowest BCUT2D eigenvalue weighted by molar-refractivity contribution is -0.141. The Morgan fingerprint density at radius 1 is 0.874 bits per heavy atom. The number of nitrogens with zero attached hydrogens (tertiary/aromatic N) is 10. The fourth-order valence-corrected chi connectivity index (χ4v) is 13.4. The van der Waals surface area contributed by atoms with E-state index in [9.17, 15) is 24.0 Å². The highest BCUT2D eigenvalue weighted by Gasteiger charge is 2.45. The van der Waals surface area contributed by atoms with Crippen LogP contribution in [0, 0.1) is 30.6 Å². The van der Waals surface area contributed by atoms with Crippen LogP contribution in [-0.4, -0.2) is 227 Å². The Morgan fingerprint density at radius 2 is 1.59 bits per heavy atom. The van der Waals surface area contributed by atoms with E-state index in [4.69, 9.17) is 25.8 Å². The lowest BCUT2D eigenvalue weighted by Crippen LogP contribution is -2.64. The van der Waals surface area contributed by atoms with Crippen molar-refractivity contribution < 1.29 is 38.2 Å². The van der Waals surface area contributed by atoms with Gasteiger partial charge in [-0.1, -0.05) is 61.2 Å². The van der Waals surface area contributed by atoms with Crippen molar-refractivity contribution in [3.05, 3.63) is 70.2 Å². The average Bonchev–Trinajstić information content (AvgIpc) is 2.28. The van der Waals surface area contributed by atoms with E-state index >= 15 is 0 Å². The molecule has 9 rings (SSSR count). The molecule has 22 nitrogen and oxygen atoms in total. The largest absolute Gasteiger partial charge is 0.465 e. The fraction of sp³-hybridized carbons (Fsp3) is 0.597. The number of nitrogens with one attached hydrogen (secondary N) is 4. The normalized spacial score (nSPS) is 17.9. The van der Waals surface area contributed by atoms with Crippen molar-refractivity contribution in [1.82, 2.24) is 65.4 Å². The number of aromatic amines is 1. The first kappa shape index (κ1) is 65.3. The second-order valence-electron chi connectivity index (χ2n) is 24.5. The van der Waals surface area contributed by atoms with E-state index < -0.39 is 17.2 Å². The van der Waals surface area contributed by atoms with Crippen molar-refractivity contribution >= 4 is 91.6 Å². The Morgan fingerprint density at radius 3 is 2.31 bits per heavy atom. The minimum atomic E-state index is -1.24. The lowest BCUT2D eigenvalue weighted by atomic mass is 9.85. The van der Waals surface area contributed by atoms with Crippen LogP contribution in [0.25, 0.3) is 21.3 Å². The maximum absolute atomic E-state index is 14.7. The predicted molar refractivity (Wildman–Crippen MR) is 339 cm³/mol. The van der Waals surface area contributed by atoms with Gasteiger partial charge in [0.05, 0.1) is 48.4 Å². The zero-order chi connectivity index (χ0) is 61.5. The zero-order valence-corrected chi connectivity index (χ0v) is 53.6. The van der Waals surface area contributed by atoms with Crippen LogP contribution < -0.4 is 20.9 Å². The van der Waals surface area contributed by atoms with Crippen LogP contribution in [0.3, 0.4) is 0 Å². The van der Waals surface area contributed by atoms with E-state index in [1.165, 1.54) is 29.4 Å². The number of thioether (sulfide) groups is 1. The zero-order valence-electron chi connectivity index (χ0n) is 51.2. The topological polar surface area (TPSA) is 236 Å². The monoisotopic (exact) mass is 1250 g/mol. The highest BCUT2D eigenvalue weighted by Crippen LogP contribution is 2.33. The molecule has 0 saturated carbocycles. The van der Waals surface area contributed by atoms with Crippen LogP contribution in [-0.2, 0) is 33.4 Å². The highest BCUT2D eigenvalue weighted by molar-refractivity contribution is 8.00. The van der Waals surface area contributed by atoms with E-state index in [2.05, 4.69) is 77.2 Å². The summed E-state index contributed by atoms with van der Waals surface area (Å²) in [5.41, 5.74) is -0.351. The number of halogens is 1. The minimum Gasteiger partial charge on any atom is -0.465 e. The third-order valence-electron chi connectivity index (χ3n) is 16.3. The van der Waals surface area contributed by atoms with E-state index in [-0.39, 0.29) is 54.6 Å². The molecule has 1 atom stereocenters. The Balaban J connectivity index is 0.644. The number of hydrogen-bond acceptors (Lipinski definition) is 19. The number of carbonyl (C=O) groups excluding carboxylic acids is 5. The van der Waals surface area contributed by atoms with Gasteiger partial charge in [-0.05, 0) is 115 Å². The number of ether oxygens (including phenoxy) is 3. The van der Waals surface area contributed by atoms with Crippen LogP contribution in [0.15, 0.2) is 53.9 Å². The minimum absolute atomic E-state index is 0.0190. The molecule has 0 unspecified atom stereocenters. The summed E-state index contributed by atoms with van der Waals surface area (Å²) in [6.45, 7) is 24.6. The number of alkyl carbamates (subject to hydrolysis) is 1. The number of carbonyl (C=O) groups is 5. The molecule has 4 aliphatic heterocycles. The molecule has 4 fully saturated rings. The van der Waals surface area contributed by atoms with Gasteiger partial charge < -0.3 is 54.7 Å². The van der Waals surface area contributed by atoms with Gasteiger partial charge in [0, 0.05) is 102 Å². The summed E-state index contributed by atoms with van der Waals surface area (Å²) < 4.78 is 16.8. The summed E-state index contributed by atoms with van der Waals surface area (Å²) in [6, 6.07) is 11.0. The molecule has 4 N–H and O–H groups in total. The van der Waals surface area contributed by atoms with Gasteiger partial charge >= 0.3 is 12.1 Å². The van der Waals surface area contributed by atoms with Gasteiger partial charge in [-0.25, -0.2) is 24.7 Å². The number of benzene rings is 1. The van der Waals surface area contributed by atoms with Crippen LogP contribution >= 0.6 is 34.7 Å². The van der Waals surface area contributed by atoms with Crippen molar-refractivity contribution in [2.45, 2.75) is 95.9 Å². The molecular formula is C62H85ClN14O8S2. The highest BCUT2D eigenvalue weighted by atomic mass is 35.5. The molecule has 4 saturated heterocycles. The molecule has 87 heavy (non-hydrogen) atoms. The number of esters is 1. The number of piperazine rings is 2. The first-order chi connectivity index (χ1) is 41.8. The third kappa shape index (κ3) is 19.2. The van der Waals surface area contributed by atoms with Crippen molar-refractivity contribution in [3.8, 4) is 11.8 Å². The van der Waals surface area contributed by atoms with Crippen molar-refractivity contribution in [1.29, 1.82) is 0 Å². The van der Waals surface area contributed by atoms with Gasteiger partial charge in [0.2, 0.25) is 17.7 Å².